The summed E-state index contributed by atoms with van der Waals surface area (Å²) < 4.78 is 14.2. The van der Waals surface area contributed by atoms with Gasteiger partial charge < -0.3 is 10.0 Å². The standard InChI is InChI=1S/C17H26ClFN2O/c1-12(2)9-20-7-8-21(13(3)10-20)16(11-22)17-14(18)5-4-6-15(17)19/h4-6,12-13,16,22H,7-11H2,1-3H3. The molecule has 0 amide bonds. The summed E-state index contributed by atoms with van der Waals surface area (Å²) in [5, 5.41) is 10.2. The minimum absolute atomic E-state index is 0.130. The van der Waals surface area contributed by atoms with Crippen LogP contribution in [-0.2, 0) is 0 Å². The molecule has 0 bridgehead atoms. The second-order valence-corrected chi connectivity index (χ2v) is 6.98. The fraction of sp³-hybridized carbons (Fsp3) is 0.647. The van der Waals surface area contributed by atoms with Gasteiger partial charge in [0.25, 0.3) is 0 Å². The second-order valence-electron chi connectivity index (χ2n) is 6.57. The quantitative estimate of drug-likeness (QED) is 0.899. The lowest BCUT2D eigenvalue weighted by atomic mass is 10.0. The van der Waals surface area contributed by atoms with Crippen molar-refractivity contribution in [2.24, 2.45) is 5.92 Å². The molecule has 124 valence electrons. The SMILES string of the molecule is CC(C)CN1CCN(C(CO)c2c(F)cccc2Cl)C(C)C1. The highest BCUT2D eigenvalue weighted by atomic mass is 35.5. The highest BCUT2D eigenvalue weighted by Crippen LogP contribution is 2.32. The summed E-state index contributed by atoms with van der Waals surface area (Å²) >= 11 is 6.18. The van der Waals surface area contributed by atoms with E-state index in [4.69, 9.17) is 11.6 Å². The first-order valence-corrected chi connectivity index (χ1v) is 8.34. The maximum absolute atomic E-state index is 14.2. The molecule has 0 aromatic heterocycles. The molecule has 1 aromatic carbocycles. The van der Waals surface area contributed by atoms with E-state index in [1.165, 1.54) is 6.07 Å². The van der Waals surface area contributed by atoms with Gasteiger partial charge in [-0.25, -0.2) is 4.39 Å². The average molecular weight is 329 g/mol. The molecule has 1 aromatic rings. The molecule has 1 saturated heterocycles. The molecule has 1 heterocycles. The lowest BCUT2D eigenvalue weighted by molar-refractivity contribution is 0.0203. The Labute approximate surface area is 137 Å². The van der Waals surface area contributed by atoms with Gasteiger partial charge in [-0.1, -0.05) is 31.5 Å². The smallest absolute Gasteiger partial charge is 0.129 e. The molecule has 0 radical (unpaired) electrons. The van der Waals surface area contributed by atoms with Crippen LogP contribution in [0.4, 0.5) is 4.39 Å². The lowest BCUT2D eigenvalue weighted by Gasteiger charge is -2.44. The van der Waals surface area contributed by atoms with Gasteiger partial charge >= 0.3 is 0 Å². The van der Waals surface area contributed by atoms with Crippen LogP contribution in [0, 0.1) is 11.7 Å². The first-order chi connectivity index (χ1) is 10.4. The highest BCUT2D eigenvalue weighted by molar-refractivity contribution is 6.31. The van der Waals surface area contributed by atoms with Crippen molar-refractivity contribution < 1.29 is 9.50 Å². The first kappa shape index (κ1) is 17.7. The van der Waals surface area contributed by atoms with Crippen LogP contribution in [0.3, 0.4) is 0 Å². The Kier molecular flexibility index (Phi) is 6.21. The Balaban J connectivity index is 2.15. The van der Waals surface area contributed by atoms with Gasteiger partial charge in [-0.15, -0.1) is 0 Å². The molecule has 5 heteroatoms. The van der Waals surface area contributed by atoms with E-state index < -0.39 is 0 Å². The molecular weight excluding hydrogens is 303 g/mol. The lowest BCUT2D eigenvalue weighted by Crippen LogP contribution is -2.54. The van der Waals surface area contributed by atoms with Gasteiger partial charge in [-0.3, -0.25) is 4.90 Å². The third-order valence-corrected chi connectivity index (χ3v) is 4.62. The van der Waals surface area contributed by atoms with Crippen molar-refractivity contribution in [3.63, 3.8) is 0 Å². The van der Waals surface area contributed by atoms with E-state index in [1.807, 2.05) is 0 Å². The fourth-order valence-electron chi connectivity index (χ4n) is 3.38. The molecule has 1 aliphatic rings. The minimum Gasteiger partial charge on any atom is -0.394 e. The number of aliphatic hydroxyl groups excluding tert-OH is 1. The topological polar surface area (TPSA) is 26.7 Å². The molecule has 1 aliphatic heterocycles. The van der Waals surface area contributed by atoms with Crippen LogP contribution >= 0.6 is 11.6 Å². The Morgan fingerprint density at radius 1 is 1.36 bits per heavy atom. The van der Waals surface area contributed by atoms with E-state index in [0.717, 1.165) is 26.2 Å². The van der Waals surface area contributed by atoms with Crippen LogP contribution in [0.1, 0.15) is 32.4 Å². The maximum atomic E-state index is 14.2. The Morgan fingerprint density at radius 3 is 2.64 bits per heavy atom. The van der Waals surface area contributed by atoms with Gasteiger partial charge in [-0.2, -0.15) is 0 Å². The van der Waals surface area contributed by atoms with Gasteiger partial charge in [0, 0.05) is 42.8 Å². The third-order valence-electron chi connectivity index (χ3n) is 4.29. The molecule has 1 fully saturated rings. The summed E-state index contributed by atoms with van der Waals surface area (Å²) in [7, 11) is 0. The molecular formula is C17H26ClFN2O. The van der Waals surface area contributed by atoms with Crippen LogP contribution in [0.5, 0.6) is 0 Å². The molecule has 0 saturated carbocycles. The summed E-state index contributed by atoms with van der Waals surface area (Å²) in [5.74, 6) is 0.289. The Morgan fingerprint density at radius 2 is 2.09 bits per heavy atom. The van der Waals surface area contributed by atoms with E-state index in [2.05, 4.69) is 30.6 Å². The minimum atomic E-state index is -0.384. The number of benzene rings is 1. The van der Waals surface area contributed by atoms with Gasteiger partial charge in [-0.05, 0) is 25.0 Å². The van der Waals surface area contributed by atoms with Crippen molar-refractivity contribution >= 4 is 11.6 Å². The molecule has 3 nitrogen and oxygen atoms in total. The highest BCUT2D eigenvalue weighted by Gasteiger charge is 2.32. The summed E-state index contributed by atoms with van der Waals surface area (Å²) in [6.07, 6.45) is 0. The number of rotatable bonds is 5. The van der Waals surface area contributed by atoms with Crippen molar-refractivity contribution in [3.8, 4) is 0 Å². The van der Waals surface area contributed by atoms with Crippen LogP contribution in [0.25, 0.3) is 0 Å². The molecule has 2 atom stereocenters. The zero-order valence-corrected chi connectivity index (χ0v) is 14.4. The van der Waals surface area contributed by atoms with Gasteiger partial charge in [0.1, 0.15) is 5.82 Å². The van der Waals surface area contributed by atoms with Crippen LogP contribution in [0.15, 0.2) is 18.2 Å². The number of hydrogen-bond acceptors (Lipinski definition) is 3. The first-order valence-electron chi connectivity index (χ1n) is 7.96. The van der Waals surface area contributed by atoms with Crippen molar-refractivity contribution in [1.29, 1.82) is 0 Å². The van der Waals surface area contributed by atoms with E-state index >= 15 is 0 Å². The molecule has 1 N–H and O–H groups in total. The van der Waals surface area contributed by atoms with E-state index in [0.29, 0.717) is 16.5 Å². The summed E-state index contributed by atoms with van der Waals surface area (Å²) in [6, 6.07) is 4.55. The monoisotopic (exact) mass is 328 g/mol. The molecule has 0 spiro atoms. The van der Waals surface area contributed by atoms with Crippen LogP contribution in [0.2, 0.25) is 5.02 Å². The summed E-state index contributed by atoms with van der Waals surface area (Å²) in [6.45, 7) is 10.2. The molecule has 22 heavy (non-hydrogen) atoms. The number of hydrogen-bond donors (Lipinski definition) is 1. The maximum Gasteiger partial charge on any atom is 0.129 e. The molecule has 2 rings (SSSR count). The van der Waals surface area contributed by atoms with Gasteiger partial charge in [0.2, 0.25) is 0 Å². The van der Waals surface area contributed by atoms with Crippen molar-refractivity contribution in [2.75, 3.05) is 32.8 Å². The van der Waals surface area contributed by atoms with Crippen LogP contribution in [-0.4, -0.2) is 53.7 Å². The number of aliphatic hydroxyl groups is 1. The number of piperazine rings is 1. The number of nitrogens with zero attached hydrogens (tertiary/aromatic N) is 2. The van der Waals surface area contributed by atoms with Crippen LogP contribution < -0.4 is 0 Å². The van der Waals surface area contributed by atoms with E-state index in [-0.39, 0.29) is 24.5 Å². The number of halogens is 2. The fourth-order valence-corrected chi connectivity index (χ4v) is 3.67. The third kappa shape index (κ3) is 3.99. The zero-order chi connectivity index (χ0) is 16.3. The van der Waals surface area contributed by atoms with Crippen molar-refractivity contribution in [2.45, 2.75) is 32.9 Å². The zero-order valence-electron chi connectivity index (χ0n) is 13.6. The van der Waals surface area contributed by atoms with E-state index in [1.54, 1.807) is 12.1 Å². The Hall–Kier alpha value is -0.680. The van der Waals surface area contributed by atoms with Crippen molar-refractivity contribution in [3.05, 3.63) is 34.6 Å². The van der Waals surface area contributed by atoms with Gasteiger partial charge in [0.05, 0.1) is 12.6 Å². The van der Waals surface area contributed by atoms with E-state index in [9.17, 15) is 9.50 Å². The summed E-state index contributed by atoms with van der Waals surface area (Å²) in [5.41, 5.74) is 0.413. The second kappa shape index (κ2) is 7.73. The molecule has 0 aliphatic carbocycles. The average Bonchev–Trinajstić information content (AvgIpc) is 2.43. The predicted octanol–water partition coefficient (Wildman–Crippen LogP) is 3.17. The Bertz CT molecular complexity index is 477. The molecule has 2 unspecified atom stereocenters. The van der Waals surface area contributed by atoms with Crippen molar-refractivity contribution in [1.82, 2.24) is 9.80 Å². The summed E-state index contributed by atoms with van der Waals surface area (Å²) in [4.78, 5) is 4.60. The normalized spacial score (nSPS) is 22.2. The predicted molar refractivity (Wildman–Crippen MR) is 88.7 cm³/mol. The van der Waals surface area contributed by atoms with Gasteiger partial charge in [0.15, 0.2) is 0 Å². The largest absolute Gasteiger partial charge is 0.394 e.